The molecular formula is C24H24N6O2. The lowest BCUT2D eigenvalue weighted by Crippen LogP contribution is -2.20. The molecule has 3 aromatic rings. The van der Waals surface area contributed by atoms with Gasteiger partial charge in [-0.1, -0.05) is 36.4 Å². The zero-order chi connectivity index (χ0) is 23.4. The van der Waals surface area contributed by atoms with E-state index in [1.807, 2.05) is 62.4 Å². The minimum atomic E-state index is -0.804. The van der Waals surface area contributed by atoms with Gasteiger partial charge in [-0.3, -0.25) is 10.2 Å². The van der Waals surface area contributed by atoms with E-state index in [1.165, 1.54) is 0 Å². The predicted molar refractivity (Wildman–Crippen MR) is 125 cm³/mol. The molecule has 32 heavy (non-hydrogen) atoms. The molecule has 0 unspecified atom stereocenters. The molecule has 3 rings (SSSR count). The minimum Gasteiger partial charge on any atom is -0.489 e. The first kappa shape index (κ1) is 22.3. The van der Waals surface area contributed by atoms with Crippen LogP contribution < -0.4 is 21.5 Å². The Kier molecular flexibility index (Phi) is 6.40. The highest BCUT2D eigenvalue weighted by Crippen LogP contribution is 2.41. The lowest BCUT2D eigenvalue weighted by atomic mass is 9.88. The molecule has 8 nitrogen and oxygen atoms in total. The van der Waals surface area contributed by atoms with Gasteiger partial charge in [-0.25, -0.2) is 4.98 Å². The van der Waals surface area contributed by atoms with E-state index < -0.39 is 5.91 Å². The molecule has 0 radical (unpaired) electrons. The molecule has 0 fully saturated rings. The Bertz CT molecular complexity index is 1250. The highest BCUT2D eigenvalue weighted by atomic mass is 16.5. The zero-order valence-corrected chi connectivity index (χ0v) is 18.1. The maximum atomic E-state index is 12.0. The Morgan fingerprint density at radius 2 is 1.88 bits per heavy atom. The van der Waals surface area contributed by atoms with Gasteiger partial charge < -0.3 is 21.5 Å². The second-order valence-electron chi connectivity index (χ2n) is 7.23. The number of benzene rings is 2. The number of nitrogen functional groups attached to an aromatic ring is 1. The van der Waals surface area contributed by atoms with E-state index in [0.717, 1.165) is 16.7 Å². The number of amides is 1. The number of nitrogens with one attached hydrogen (secondary N) is 2. The third kappa shape index (κ3) is 4.09. The van der Waals surface area contributed by atoms with Crippen LogP contribution in [0.2, 0.25) is 0 Å². The number of primary amides is 1. The number of nitrogens with zero attached hydrogens (tertiary/aromatic N) is 2. The lowest BCUT2D eigenvalue weighted by Gasteiger charge is -2.21. The first-order chi connectivity index (χ1) is 15.3. The molecule has 1 amide bonds. The van der Waals surface area contributed by atoms with E-state index in [9.17, 15) is 10.1 Å². The van der Waals surface area contributed by atoms with Crippen molar-refractivity contribution >= 4 is 23.1 Å². The quantitative estimate of drug-likeness (QED) is 0.422. The number of hydrogen-bond acceptors (Lipinski definition) is 7. The summed E-state index contributed by atoms with van der Waals surface area (Å²) < 4.78 is 6.06. The zero-order valence-electron chi connectivity index (χ0n) is 18.1. The number of aryl methyl sites for hydroxylation is 1. The van der Waals surface area contributed by atoms with Gasteiger partial charge in [0.2, 0.25) is 0 Å². The summed E-state index contributed by atoms with van der Waals surface area (Å²) in [5, 5.41) is 20.5. The van der Waals surface area contributed by atoms with Crippen molar-refractivity contribution in [1.29, 1.82) is 10.7 Å². The highest BCUT2D eigenvalue weighted by molar-refractivity contribution is 6.19. The van der Waals surface area contributed by atoms with Crippen molar-refractivity contribution in [2.45, 2.75) is 20.5 Å². The maximum Gasteiger partial charge on any atom is 0.269 e. The summed E-state index contributed by atoms with van der Waals surface area (Å²) >= 11 is 0. The van der Waals surface area contributed by atoms with Gasteiger partial charge >= 0.3 is 0 Å². The first-order valence-electron chi connectivity index (χ1n) is 9.87. The summed E-state index contributed by atoms with van der Waals surface area (Å²) in [6.07, 6.45) is 0. The standard InChI is InChI=1S/C24H24N6O2/c1-13-9-10-17(32-12-15-7-5-4-6-8-15)14(2)18(13)20-19(16(26)11-25)24(29-3)30-22(21(20)27)23(28)31/h4-10,26H,12,27H2,1-3H3,(H2,28,31)(H,29,30). The van der Waals surface area contributed by atoms with Crippen molar-refractivity contribution in [3.05, 3.63) is 70.4 Å². The molecule has 0 spiro atoms. The molecule has 0 aliphatic rings. The monoisotopic (exact) mass is 428 g/mol. The number of nitriles is 1. The van der Waals surface area contributed by atoms with Gasteiger partial charge in [0, 0.05) is 12.6 Å². The van der Waals surface area contributed by atoms with Crippen LogP contribution in [0.4, 0.5) is 11.5 Å². The van der Waals surface area contributed by atoms with Gasteiger partial charge in [0.25, 0.3) is 5.91 Å². The largest absolute Gasteiger partial charge is 0.489 e. The molecule has 1 heterocycles. The molecule has 6 N–H and O–H groups in total. The van der Waals surface area contributed by atoms with Crippen LogP contribution >= 0.6 is 0 Å². The van der Waals surface area contributed by atoms with E-state index in [0.29, 0.717) is 23.5 Å². The molecule has 0 atom stereocenters. The van der Waals surface area contributed by atoms with E-state index in [4.69, 9.17) is 21.6 Å². The molecular weight excluding hydrogens is 404 g/mol. The van der Waals surface area contributed by atoms with Gasteiger partial charge in [0.1, 0.15) is 30.0 Å². The fourth-order valence-corrected chi connectivity index (χ4v) is 3.63. The summed E-state index contributed by atoms with van der Waals surface area (Å²) in [5.41, 5.74) is 15.2. The minimum absolute atomic E-state index is 0.0120. The number of hydrogen-bond donors (Lipinski definition) is 4. The van der Waals surface area contributed by atoms with Crippen molar-refractivity contribution < 1.29 is 9.53 Å². The summed E-state index contributed by atoms with van der Waals surface area (Å²) in [7, 11) is 1.58. The second kappa shape index (κ2) is 9.18. The number of rotatable bonds is 7. The molecule has 0 saturated heterocycles. The molecule has 0 aliphatic heterocycles. The third-order valence-electron chi connectivity index (χ3n) is 5.18. The van der Waals surface area contributed by atoms with Crippen molar-refractivity contribution in [1.82, 2.24) is 4.98 Å². The Morgan fingerprint density at radius 3 is 2.47 bits per heavy atom. The van der Waals surface area contributed by atoms with E-state index in [-0.39, 0.29) is 28.5 Å². The number of carbonyl (C=O) groups excluding carboxylic acids is 1. The molecule has 0 bridgehead atoms. The Balaban J connectivity index is 2.26. The number of ether oxygens (including phenoxy) is 1. The molecule has 1 aromatic heterocycles. The van der Waals surface area contributed by atoms with Crippen LogP contribution in [0.1, 0.15) is 32.7 Å². The second-order valence-corrected chi connectivity index (χ2v) is 7.23. The van der Waals surface area contributed by atoms with Crippen molar-refractivity contribution in [2.75, 3.05) is 18.1 Å². The van der Waals surface area contributed by atoms with Crippen LogP contribution in [0.3, 0.4) is 0 Å². The van der Waals surface area contributed by atoms with Crippen LogP contribution in [0, 0.1) is 30.6 Å². The molecule has 2 aromatic carbocycles. The first-order valence-corrected chi connectivity index (χ1v) is 9.87. The topological polar surface area (TPSA) is 151 Å². The SMILES string of the molecule is CNc1nc(C(N)=O)c(N)c(-c2c(C)ccc(OCc3ccccc3)c2C)c1C(=N)C#N. The van der Waals surface area contributed by atoms with Crippen LogP contribution in [0.25, 0.3) is 11.1 Å². The lowest BCUT2D eigenvalue weighted by molar-refractivity contribution is 0.0996. The van der Waals surface area contributed by atoms with Gasteiger partial charge in [0.15, 0.2) is 5.69 Å². The fraction of sp³-hybridized carbons (Fsp3) is 0.167. The number of nitrogens with two attached hydrogens (primary N) is 2. The van der Waals surface area contributed by atoms with Crippen molar-refractivity contribution in [3.63, 3.8) is 0 Å². The van der Waals surface area contributed by atoms with E-state index in [2.05, 4.69) is 10.3 Å². The average Bonchev–Trinajstić information content (AvgIpc) is 2.79. The summed E-state index contributed by atoms with van der Waals surface area (Å²) in [6, 6.07) is 15.3. The number of carbonyl (C=O) groups is 1. The smallest absolute Gasteiger partial charge is 0.269 e. The molecule has 8 heteroatoms. The summed E-state index contributed by atoms with van der Waals surface area (Å²) in [6.45, 7) is 4.11. The van der Waals surface area contributed by atoms with Crippen LogP contribution in [0.5, 0.6) is 5.75 Å². The van der Waals surface area contributed by atoms with E-state index >= 15 is 0 Å². The number of anilines is 2. The summed E-state index contributed by atoms with van der Waals surface area (Å²) in [5.74, 6) is -0.0160. The van der Waals surface area contributed by atoms with E-state index in [1.54, 1.807) is 7.05 Å². The number of pyridine rings is 1. The molecule has 0 aliphatic carbocycles. The normalized spacial score (nSPS) is 10.3. The Hall–Kier alpha value is -4.38. The predicted octanol–water partition coefficient (Wildman–Crippen LogP) is 3.56. The summed E-state index contributed by atoms with van der Waals surface area (Å²) in [4.78, 5) is 16.2. The van der Waals surface area contributed by atoms with Gasteiger partial charge in [0.05, 0.1) is 11.3 Å². The van der Waals surface area contributed by atoms with Gasteiger partial charge in [-0.15, -0.1) is 0 Å². The third-order valence-corrected chi connectivity index (χ3v) is 5.18. The molecule has 162 valence electrons. The fourth-order valence-electron chi connectivity index (χ4n) is 3.63. The van der Waals surface area contributed by atoms with Gasteiger partial charge in [-0.05, 0) is 42.2 Å². The van der Waals surface area contributed by atoms with Crippen LogP contribution in [-0.4, -0.2) is 23.7 Å². The van der Waals surface area contributed by atoms with Crippen LogP contribution in [-0.2, 0) is 6.61 Å². The van der Waals surface area contributed by atoms with Crippen molar-refractivity contribution in [3.8, 4) is 22.9 Å². The number of aromatic nitrogens is 1. The average molecular weight is 428 g/mol. The Morgan fingerprint density at radius 1 is 1.19 bits per heavy atom. The maximum absolute atomic E-state index is 12.0. The van der Waals surface area contributed by atoms with Crippen molar-refractivity contribution in [2.24, 2.45) is 5.73 Å². The highest BCUT2D eigenvalue weighted by Gasteiger charge is 2.26. The van der Waals surface area contributed by atoms with Crippen LogP contribution in [0.15, 0.2) is 42.5 Å². The van der Waals surface area contributed by atoms with Gasteiger partial charge in [-0.2, -0.15) is 5.26 Å². The Labute approximate surface area is 186 Å². The molecule has 0 saturated carbocycles.